The van der Waals surface area contributed by atoms with Crippen LogP contribution in [0.15, 0.2) is 30.3 Å². The van der Waals surface area contributed by atoms with Crippen molar-refractivity contribution in [1.82, 2.24) is 20.0 Å². The topological polar surface area (TPSA) is 59.4 Å². The lowest BCUT2D eigenvalue weighted by Crippen LogP contribution is -2.44. The van der Waals surface area contributed by atoms with Gasteiger partial charge in [-0.3, -0.25) is 14.4 Å². The van der Waals surface area contributed by atoms with Crippen molar-refractivity contribution in [3.8, 4) is 5.75 Å². The van der Waals surface area contributed by atoms with Crippen molar-refractivity contribution in [2.24, 2.45) is 7.05 Å². The van der Waals surface area contributed by atoms with Gasteiger partial charge in [0.1, 0.15) is 11.4 Å². The van der Waals surface area contributed by atoms with Crippen LogP contribution in [0.2, 0.25) is 0 Å². The van der Waals surface area contributed by atoms with Crippen LogP contribution in [0.4, 0.5) is 0 Å². The van der Waals surface area contributed by atoms with Crippen LogP contribution in [0.5, 0.6) is 5.75 Å². The summed E-state index contributed by atoms with van der Waals surface area (Å²) >= 11 is 0. The standard InChI is InChI=1S/C19H26N4O2/c1-14-11-18(22(2)21-14)19(24)20-16-7-9-23(10-8-16)13-15-5-4-6-17(12-15)25-3/h4-6,11-12,16H,7-10,13H2,1-3H3,(H,20,24). The zero-order chi connectivity index (χ0) is 17.8. The maximum absolute atomic E-state index is 12.4. The van der Waals surface area contributed by atoms with Gasteiger partial charge in [-0.25, -0.2) is 0 Å². The summed E-state index contributed by atoms with van der Waals surface area (Å²) in [6.07, 6.45) is 1.93. The number of methoxy groups -OCH3 is 1. The molecule has 0 bridgehead atoms. The number of amides is 1. The van der Waals surface area contributed by atoms with Gasteiger partial charge in [0.25, 0.3) is 5.91 Å². The summed E-state index contributed by atoms with van der Waals surface area (Å²) in [6, 6.07) is 10.2. The monoisotopic (exact) mass is 342 g/mol. The van der Waals surface area contributed by atoms with Crippen LogP contribution in [0.1, 0.15) is 34.6 Å². The van der Waals surface area contributed by atoms with Crippen LogP contribution in [0.3, 0.4) is 0 Å². The molecule has 1 aliphatic rings. The number of piperidine rings is 1. The summed E-state index contributed by atoms with van der Waals surface area (Å²) in [6.45, 7) is 4.77. The highest BCUT2D eigenvalue weighted by Crippen LogP contribution is 2.18. The lowest BCUT2D eigenvalue weighted by atomic mass is 10.0. The molecule has 3 rings (SSSR count). The van der Waals surface area contributed by atoms with E-state index in [9.17, 15) is 4.79 Å². The zero-order valence-corrected chi connectivity index (χ0v) is 15.2. The average molecular weight is 342 g/mol. The Morgan fingerprint density at radius 1 is 1.32 bits per heavy atom. The maximum atomic E-state index is 12.4. The van der Waals surface area contributed by atoms with Gasteiger partial charge in [0.2, 0.25) is 0 Å². The molecule has 0 radical (unpaired) electrons. The molecule has 6 heteroatoms. The number of rotatable bonds is 5. The number of likely N-dealkylation sites (tertiary alicyclic amines) is 1. The lowest BCUT2D eigenvalue weighted by Gasteiger charge is -2.32. The van der Waals surface area contributed by atoms with Crippen LogP contribution in [-0.4, -0.2) is 46.8 Å². The van der Waals surface area contributed by atoms with E-state index in [0.717, 1.165) is 43.9 Å². The molecular weight excluding hydrogens is 316 g/mol. The van der Waals surface area contributed by atoms with E-state index in [2.05, 4.69) is 27.4 Å². The SMILES string of the molecule is COc1cccc(CN2CCC(NC(=O)c3cc(C)nn3C)CC2)c1. The Balaban J connectivity index is 1.50. The largest absolute Gasteiger partial charge is 0.497 e. The summed E-state index contributed by atoms with van der Waals surface area (Å²) in [4.78, 5) is 14.8. The molecular formula is C19H26N4O2. The van der Waals surface area contributed by atoms with Gasteiger partial charge in [0.15, 0.2) is 0 Å². The van der Waals surface area contributed by atoms with Crippen molar-refractivity contribution in [2.45, 2.75) is 32.4 Å². The zero-order valence-electron chi connectivity index (χ0n) is 15.2. The van der Waals surface area contributed by atoms with Crippen LogP contribution in [0, 0.1) is 6.92 Å². The number of carbonyl (C=O) groups excluding carboxylic acids is 1. The Labute approximate surface area is 148 Å². The second-order valence-electron chi connectivity index (χ2n) is 6.67. The van der Waals surface area contributed by atoms with Gasteiger partial charge >= 0.3 is 0 Å². The first-order valence-corrected chi connectivity index (χ1v) is 8.72. The molecule has 1 saturated heterocycles. The van der Waals surface area contributed by atoms with Gasteiger partial charge in [0, 0.05) is 32.7 Å². The van der Waals surface area contributed by atoms with Crippen LogP contribution in [0.25, 0.3) is 0 Å². The van der Waals surface area contributed by atoms with E-state index in [1.807, 2.05) is 25.1 Å². The van der Waals surface area contributed by atoms with Crippen LogP contribution < -0.4 is 10.1 Å². The van der Waals surface area contributed by atoms with Gasteiger partial charge in [-0.05, 0) is 43.5 Å². The molecule has 0 atom stereocenters. The average Bonchev–Trinajstić information content (AvgIpc) is 2.95. The van der Waals surface area contributed by atoms with E-state index in [0.29, 0.717) is 5.69 Å². The number of hydrogen-bond donors (Lipinski definition) is 1. The lowest BCUT2D eigenvalue weighted by molar-refractivity contribution is 0.0899. The fourth-order valence-electron chi connectivity index (χ4n) is 3.35. The molecule has 1 aromatic heterocycles. The number of benzene rings is 1. The second kappa shape index (κ2) is 7.70. The number of nitrogens with zero attached hydrogens (tertiary/aromatic N) is 3. The third-order valence-electron chi connectivity index (χ3n) is 4.70. The first-order valence-electron chi connectivity index (χ1n) is 8.72. The molecule has 1 N–H and O–H groups in total. The van der Waals surface area contributed by atoms with E-state index in [4.69, 9.17) is 4.74 Å². The molecule has 1 aliphatic heterocycles. The molecule has 1 fully saturated rings. The van der Waals surface area contributed by atoms with Crippen molar-refractivity contribution < 1.29 is 9.53 Å². The minimum Gasteiger partial charge on any atom is -0.497 e. The fraction of sp³-hybridized carbons (Fsp3) is 0.474. The smallest absolute Gasteiger partial charge is 0.269 e. The quantitative estimate of drug-likeness (QED) is 0.904. The van der Waals surface area contributed by atoms with E-state index >= 15 is 0 Å². The highest BCUT2D eigenvalue weighted by Gasteiger charge is 2.22. The number of ether oxygens (including phenoxy) is 1. The van der Waals surface area contributed by atoms with E-state index in [1.54, 1.807) is 18.8 Å². The summed E-state index contributed by atoms with van der Waals surface area (Å²) in [5.41, 5.74) is 2.74. The Morgan fingerprint density at radius 2 is 2.08 bits per heavy atom. The molecule has 0 unspecified atom stereocenters. The molecule has 25 heavy (non-hydrogen) atoms. The molecule has 0 spiro atoms. The molecule has 2 aromatic rings. The van der Waals surface area contributed by atoms with Gasteiger partial charge < -0.3 is 10.1 Å². The number of aryl methyl sites for hydroxylation is 2. The van der Waals surface area contributed by atoms with E-state index in [-0.39, 0.29) is 11.9 Å². The van der Waals surface area contributed by atoms with Crippen molar-refractivity contribution in [1.29, 1.82) is 0 Å². The first kappa shape index (κ1) is 17.5. The van der Waals surface area contributed by atoms with Gasteiger partial charge in [-0.1, -0.05) is 12.1 Å². The van der Waals surface area contributed by atoms with E-state index < -0.39 is 0 Å². The minimum atomic E-state index is -0.0330. The fourth-order valence-corrected chi connectivity index (χ4v) is 3.35. The Kier molecular flexibility index (Phi) is 5.38. The Hall–Kier alpha value is -2.34. The third kappa shape index (κ3) is 4.39. The maximum Gasteiger partial charge on any atom is 0.269 e. The minimum absolute atomic E-state index is 0.0330. The van der Waals surface area contributed by atoms with E-state index in [1.165, 1.54) is 5.56 Å². The van der Waals surface area contributed by atoms with Crippen molar-refractivity contribution in [3.05, 3.63) is 47.3 Å². The summed E-state index contributed by atoms with van der Waals surface area (Å²) in [5, 5.41) is 7.38. The first-order chi connectivity index (χ1) is 12.0. The van der Waals surface area contributed by atoms with Crippen molar-refractivity contribution in [3.63, 3.8) is 0 Å². The molecule has 0 saturated carbocycles. The normalized spacial score (nSPS) is 16.0. The Bertz CT molecular complexity index is 733. The number of hydrogen-bond acceptors (Lipinski definition) is 4. The highest BCUT2D eigenvalue weighted by molar-refractivity contribution is 5.92. The number of carbonyl (C=O) groups is 1. The second-order valence-corrected chi connectivity index (χ2v) is 6.67. The summed E-state index contributed by atoms with van der Waals surface area (Å²) in [5.74, 6) is 0.862. The van der Waals surface area contributed by atoms with Crippen LogP contribution in [-0.2, 0) is 13.6 Å². The molecule has 1 aromatic carbocycles. The molecule has 134 valence electrons. The Morgan fingerprint density at radius 3 is 2.72 bits per heavy atom. The molecule has 2 heterocycles. The van der Waals surface area contributed by atoms with Gasteiger partial charge in [-0.15, -0.1) is 0 Å². The number of aromatic nitrogens is 2. The van der Waals surface area contributed by atoms with Gasteiger partial charge in [0.05, 0.1) is 12.8 Å². The van der Waals surface area contributed by atoms with Gasteiger partial charge in [-0.2, -0.15) is 5.10 Å². The van der Waals surface area contributed by atoms with Crippen LogP contribution >= 0.6 is 0 Å². The summed E-state index contributed by atoms with van der Waals surface area (Å²) < 4.78 is 6.93. The molecule has 1 amide bonds. The van der Waals surface area contributed by atoms with Crippen molar-refractivity contribution >= 4 is 5.91 Å². The summed E-state index contributed by atoms with van der Waals surface area (Å²) in [7, 11) is 3.50. The van der Waals surface area contributed by atoms with Crippen molar-refractivity contribution in [2.75, 3.05) is 20.2 Å². The highest BCUT2D eigenvalue weighted by atomic mass is 16.5. The predicted octanol–water partition coefficient (Wildman–Crippen LogP) is 2.13. The predicted molar refractivity (Wildman–Crippen MR) is 96.7 cm³/mol. The molecule has 0 aliphatic carbocycles. The molecule has 6 nitrogen and oxygen atoms in total. The third-order valence-corrected chi connectivity index (χ3v) is 4.70. The number of nitrogens with one attached hydrogen (secondary N) is 1.